The maximum Gasteiger partial charge on any atom is 0.325 e. The quantitative estimate of drug-likeness (QED) is 0.658. The van der Waals surface area contributed by atoms with E-state index in [0.29, 0.717) is 23.6 Å². The molecule has 27 heavy (non-hydrogen) atoms. The second-order valence-corrected chi connectivity index (χ2v) is 7.47. The van der Waals surface area contributed by atoms with Gasteiger partial charge in [-0.3, -0.25) is 14.5 Å². The second kappa shape index (κ2) is 8.96. The molecule has 1 aromatic heterocycles. The van der Waals surface area contributed by atoms with Gasteiger partial charge >= 0.3 is 6.03 Å². The Morgan fingerprint density at radius 3 is 2.89 bits per heavy atom. The van der Waals surface area contributed by atoms with Crippen molar-refractivity contribution < 1.29 is 14.4 Å². The normalized spacial score (nSPS) is 16.5. The lowest BCUT2D eigenvalue weighted by Gasteiger charge is -2.14. The van der Waals surface area contributed by atoms with Crippen molar-refractivity contribution in [1.82, 2.24) is 20.5 Å². The molecule has 0 spiro atoms. The van der Waals surface area contributed by atoms with Crippen molar-refractivity contribution in [1.29, 1.82) is 0 Å². The maximum absolute atomic E-state index is 12.5. The predicted octanol–water partition coefficient (Wildman–Crippen LogP) is 2.36. The van der Waals surface area contributed by atoms with E-state index in [-0.39, 0.29) is 31.2 Å². The second-order valence-electron chi connectivity index (χ2n) is 6.08. The topological polar surface area (TPSA) is 91.4 Å². The molecular weight excluding hydrogens is 388 g/mol. The van der Waals surface area contributed by atoms with Crippen LogP contribution in [0.15, 0.2) is 35.8 Å². The minimum Gasteiger partial charge on any atom is -0.356 e. The highest BCUT2D eigenvalue weighted by Crippen LogP contribution is 2.20. The van der Waals surface area contributed by atoms with Crippen LogP contribution >= 0.6 is 22.9 Å². The summed E-state index contributed by atoms with van der Waals surface area (Å²) in [6, 6.07) is 5.91. The van der Waals surface area contributed by atoms with Crippen molar-refractivity contribution in [3.8, 4) is 0 Å². The molecule has 0 aliphatic carbocycles. The van der Waals surface area contributed by atoms with Crippen LogP contribution < -0.4 is 10.6 Å². The molecule has 4 amide bonds. The lowest BCUT2D eigenvalue weighted by molar-refractivity contribution is -0.128. The summed E-state index contributed by atoms with van der Waals surface area (Å²) in [7, 11) is 0. The van der Waals surface area contributed by atoms with Crippen LogP contribution in [0.2, 0.25) is 5.02 Å². The van der Waals surface area contributed by atoms with Gasteiger partial charge in [0.05, 0.1) is 11.6 Å². The maximum atomic E-state index is 12.5. The Morgan fingerprint density at radius 1 is 1.33 bits per heavy atom. The number of urea groups is 1. The van der Waals surface area contributed by atoms with E-state index >= 15 is 0 Å². The number of imide groups is 1. The third-order valence-electron chi connectivity index (χ3n) is 4.20. The zero-order valence-electron chi connectivity index (χ0n) is 14.5. The van der Waals surface area contributed by atoms with Gasteiger partial charge in [-0.25, -0.2) is 9.78 Å². The van der Waals surface area contributed by atoms with Crippen molar-refractivity contribution in [2.45, 2.75) is 31.8 Å². The molecule has 1 aliphatic heterocycles. The summed E-state index contributed by atoms with van der Waals surface area (Å²) in [5, 5.41) is 8.79. The van der Waals surface area contributed by atoms with Crippen LogP contribution in [0.5, 0.6) is 0 Å². The van der Waals surface area contributed by atoms with Gasteiger partial charge in [-0.1, -0.05) is 29.8 Å². The van der Waals surface area contributed by atoms with E-state index < -0.39 is 12.1 Å². The lowest BCUT2D eigenvalue weighted by atomic mass is 10.1. The fourth-order valence-corrected chi connectivity index (χ4v) is 3.58. The molecule has 2 heterocycles. The number of carbonyl (C=O) groups is 3. The fraction of sp³-hybridized carbons (Fsp3) is 0.333. The Balaban J connectivity index is 1.45. The number of benzene rings is 1. The number of amides is 4. The molecule has 9 heteroatoms. The standard InChI is InChI=1S/C18H19ClN4O3S/c19-13-4-2-1-3-12(13)11-23-17(25)14(22-18(23)26)5-6-15(24)20-8-7-16-21-9-10-27-16/h1-4,9-10,14H,5-8,11H2,(H,20,24)(H,22,26). The minimum atomic E-state index is -0.690. The lowest BCUT2D eigenvalue weighted by Crippen LogP contribution is -2.33. The molecule has 3 rings (SSSR count). The Hall–Kier alpha value is -2.45. The zero-order chi connectivity index (χ0) is 19.2. The summed E-state index contributed by atoms with van der Waals surface area (Å²) in [5.41, 5.74) is 0.697. The van der Waals surface area contributed by atoms with Crippen LogP contribution in [-0.4, -0.2) is 40.3 Å². The largest absolute Gasteiger partial charge is 0.356 e. The van der Waals surface area contributed by atoms with Gasteiger partial charge in [0.15, 0.2) is 0 Å². The summed E-state index contributed by atoms with van der Waals surface area (Å²) < 4.78 is 0. The molecule has 2 aromatic rings. The number of halogens is 1. The Kier molecular flexibility index (Phi) is 6.41. The number of carbonyl (C=O) groups excluding carboxylic acids is 3. The number of nitrogens with zero attached hydrogens (tertiary/aromatic N) is 2. The summed E-state index contributed by atoms with van der Waals surface area (Å²) >= 11 is 7.64. The summed E-state index contributed by atoms with van der Waals surface area (Å²) in [4.78, 5) is 41.8. The molecule has 1 saturated heterocycles. The number of thiazole rings is 1. The van der Waals surface area contributed by atoms with Gasteiger partial charge in [-0.05, 0) is 18.1 Å². The Labute approximate surface area is 165 Å². The van der Waals surface area contributed by atoms with Crippen LogP contribution in [0, 0.1) is 0 Å². The first kappa shape index (κ1) is 19.3. The highest BCUT2D eigenvalue weighted by atomic mass is 35.5. The van der Waals surface area contributed by atoms with Crippen molar-refractivity contribution in [2.75, 3.05) is 6.54 Å². The molecule has 7 nitrogen and oxygen atoms in total. The predicted molar refractivity (Wildman–Crippen MR) is 102 cm³/mol. The Bertz CT molecular complexity index is 828. The highest BCUT2D eigenvalue weighted by molar-refractivity contribution is 7.09. The van der Waals surface area contributed by atoms with Crippen LogP contribution in [0.1, 0.15) is 23.4 Å². The first-order chi connectivity index (χ1) is 13.0. The first-order valence-corrected chi connectivity index (χ1v) is 9.80. The molecule has 1 unspecified atom stereocenters. The third kappa shape index (κ3) is 5.05. The van der Waals surface area contributed by atoms with E-state index in [1.54, 1.807) is 41.8 Å². The molecule has 1 fully saturated rings. The van der Waals surface area contributed by atoms with Gasteiger partial charge < -0.3 is 10.6 Å². The summed E-state index contributed by atoms with van der Waals surface area (Å²) in [6.45, 7) is 0.608. The monoisotopic (exact) mass is 406 g/mol. The van der Waals surface area contributed by atoms with E-state index in [1.165, 1.54) is 0 Å². The Morgan fingerprint density at radius 2 is 2.15 bits per heavy atom. The SMILES string of the molecule is O=C(CCC1NC(=O)N(Cc2ccccc2Cl)C1=O)NCCc1nccs1. The van der Waals surface area contributed by atoms with Crippen molar-refractivity contribution in [2.24, 2.45) is 0 Å². The molecule has 0 radical (unpaired) electrons. The average molecular weight is 407 g/mol. The van der Waals surface area contributed by atoms with Gasteiger partial charge in [0.1, 0.15) is 6.04 Å². The van der Waals surface area contributed by atoms with Gasteiger partial charge in [-0.2, -0.15) is 0 Å². The first-order valence-electron chi connectivity index (χ1n) is 8.55. The highest BCUT2D eigenvalue weighted by Gasteiger charge is 2.38. The van der Waals surface area contributed by atoms with Crippen LogP contribution in [0.25, 0.3) is 0 Å². The van der Waals surface area contributed by atoms with Crippen molar-refractivity contribution in [3.05, 3.63) is 51.4 Å². The van der Waals surface area contributed by atoms with Crippen LogP contribution in [0.4, 0.5) is 4.79 Å². The molecule has 1 atom stereocenters. The van der Waals surface area contributed by atoms with Gasteiger partial charge in [0, 0.05) is 36.0 Å². The fourth-order valence-electron chi connectivity index (χ4n) is 2.77. The van der Waals surface area contributed by atoms with Crippen molar-refractivity contribution in [3.63, 3.8) is 0 Å². The van der Waals surface area contributed by atoms with E-state index in [1.807, 2.05) is 5.38 Å². The minimum absolute atomic E-state index is 0.112. The number of rotatable bonds is 8. The molecule has 142 valence electrons. The number of nitrogens with one attached hydrogen (secondary N) is 2. The van der Waals surface area contributed by atoms with E-state index in [4.69, 9.17) is 11.6 Å². The number of hydrogen-bond acceptors (Lipinski definition) is 5. The van der Waals surface area contributed by atoms with Crippen LogP contribution in [-0.2, 0) is 22.6 Å². The zero-order valence-corrected chi connectivity index (χ0v) is 16.1. The smallest absolute Gasteiger partial charge is 0.325 e. The van der Waals surface area contributed by atoms with Gasteiger partial charge in [-0.15, -0.1) is 11.3 Å². The molecular formula is C18H19ClN4O3S. The number of aromatic nitrogens is 1. The van der Waals surface area contributed by atoms with Gasteiger partial charge in [0.25, 0.3) is 5.91 Å². The molecule has 1 aromatic carbocycles. The summed E-state index contributed by atoms with van der Waals surface area (Å²) in [5.74, 6) is -0.492. The van der Waals surface area contributed by atoms with E-state index in [2.05, 4.69) is 15.6 Å². The molecule has 0 bridgehead atoms. The third-order valence-corrected chi connectivity index (χ3v) is 5.41. The van der Waals surface area contributed by atoms with Crippen molar-refractivity contribution >= 4 is 40.8 Å². The molecule has 0 saturated carbocycles. The van der Waals surface area contributed by atoms with Gasteiger partial charge in [0.2, 0.25) is 5.91 Å². The number of hydrogen-bond donors (Lipinski definition) is 2. The molecule has 1 aliphatic rings. The average Bonchev–Trinajstić information content (AvgIpc) is 3.25. The van der Waals surface area contributed by atoms with E-state index in [0.717, 1.165) is 9.91 Å². The molecule has 2 N–H and O–H groups in total. The van der Waals surface area contributed by atoms with E-state index in [9.17, 15) is 14.4 Å². The summed E-state index contributed by atoms with van der Waals surface area (Å²) in [6.07, 6.45) is 2.82. The van der Waals surface area contributed by atoms with Crippen LogP contribution in [0.3, 0.4) is 0 Å².